The van der Waals surface area contributed by atoms with Gasteiger partial charge in [0.25, 0.3) is 0 Å². The van der Waals surface area contributed by atoms with E-state index in [1.807, 2.05) is 61.4 Å². The number of carbonyl (C=O) groups excluding carboxylic acids is 1. The third-order valence-corrected chi connectivity index (χ3v) is 5.03. The SMILES string of the molecule is Cc1cc2ccccc2n1CC(=O)N(C)Cc1cnn(Cc2ccccc2)c1. The van der Waals surface area contributed by atoms with Crippen molar-refractivity contribution in [1.29, 1.82) is 0 Å². The molecule has 4 aromatic rings. The summed E-state index contributed by atoms with van der Waals surface area (Å²) in [6.07, 6.45) is 3.84. The predicted molar refractivity (Wildman–Crippen MR) is 111 cm³/mol. The second-order valence-electron chi connectivity index (χ2n) is 7.21. The van der Waals surface area contributed by atoms with Crippen LogP contribution in [0, 0.1) is 6.92 Å². The number of nitrogens with zero attached hydrogens (tertiary/aromatic N) is 4. The molecule has 0 saturated heterocycles. The fourth-order valence-electron chi connectivity index (χ4n) is 3.52. The largest absolute Gasteiger partial charge is 0.340 e. The first-order valence-electron chi connectivity index (χ1n) is 9.44. The highest BCUT2D eigenvalue weighted by Crippen LogP contribution is 2.19. The third kappa shape index (κ3) is 3.83. The number of hydrogen-bond acceptors (Lipinski definition) is 2. The first-order valence-corrected chi connectivity index (χ1v) is 9.44. The Balaban J connectivity index is 1.41. The van der Waals surface area contributed by atoms with Crippen LogP contribution in [0.4, 0.5) is 0 Å². The number of benzene rings is 2. The lowest BCUT2D eigenvalue weighted by Gasteiger charge is -2.18. The smallest absolute Gasteiger partial charge is 0.242 e. The summed E-state index contributed by atoms with van der Waals surface area (Å²) < 4.78 is 3.99. The molecule has 4 rings (SSSR count). The van der Waals surface area contributed by atoms with Gasteiger partial charge in [-0.2, -0.15) is 5.10 Å². The molecule has 28 heavy (non-hydrogen) atoms. The maximum absolute atomic E-state index is 12.8. The molecular weight excluding hydrogens is 348 g/mol. The molecule has 0 spiro atoms. The summed E-state index contributed by atoms with van der Waals surface area (Å²) in [5.74, 6) is 0.0836. The van der Waals surface area contributed by atoms with Gasteiger partial charge in [-0.3, -0.25) is 9.48 Å². The molecule has 0 radical (unpaired) electrons. The van der Waals surface area contributed by atoms with Gasteiger partial charge in [-0.15, -0.1) is 0 Å². The second-order valence-corrected chi connectivity index (χ2v) is 7.21. The van der Waals surface area contributed by atoms with Crippen molar-refractivity contribution in [3.63, 3.8) is 0 Å². The van der Waals surface area contributed by atoms with Crippen molar-refractivity contribution in [3.05, 3.63) is 89.9 Å². The number of para-hydroxylation sites is 1. The van der Waals surface area contributed by atoms with E-state index in [9.17, 15) is 4.79 Å². The highest BCUT2D eigenvalue weighted by Gasteiger charge is 2.14. The lowest BCUT2D eigenvalue weighted by molar-refractivity contribution is -0.131. The second kappa shape index (κ2) is 7.72. The lowest BCUT2D eigenvalue weighted by Crippen LogP contribution is -2.29. The molecule has 0 saturated carbocycles. The van der Waals surface area contributed by atoms with Crippen molar-refractivity contribution >= 4 is 16.8 Å². The summed E-state index contributed by atoms with van der Waals surface area (Å²) >= 11 is 0. The Morgan fingerprint density at radius 2 is 1.79 bits per heavy atom. The molecule has 2 heterocycles. The monoisotopic (exact) mass is 372 g/mol. The van der Waals surface area contributed by atoms with E-state index in [1.54, 1.807) is 4.90 Å². The Morgan fingerprint density at radius 1 is 1.04 bits per heavy atom. The highest BCUT2D eigenvalue weighted by atomic mass is 16.2. The summed E-state index contributed by atoms with van der Waals surface area (Å²) in [6, 6.07) is 20.5. The van der Waals surface area contributed by atoms with Crippen molar-refractivity contribution in [2.75, 3.05) is 7.05 Å². The summed E-state index contributed by atoms with van der Waals surface area (Å²) in [7, 11) is 1.85. The van der Waals surface area contributed by atoms with Crippen molar-refractivity contribution in [2.24, 2.45) is 0 Å². The van der Waals surface area contributed by atoms with Gasteiger partial charge < -0.3 is 9.47 Å². The Hall–Kier alpha value is -3.34. The maximum Gasteiger partial charge on any atom is 0.242 e. The average molecular weight is 372 g/mol. The van der Waals surface area contributed by atoms with Crippen LogP contribution in [0.25, 0.3) is 10.9 Å². The molecule has 0 N–H and O–H groups in total. The van der Waals surface area contributed by atoms with E-state index in [0.717, 1.165) is 28.7 Å². The zero-order valence-corrected chi connectivity index (χ0v) is 16.2. The standard InChI is InChI=1S/C23H24N4O/c1-18-12-21-10-6-7-11-22(21)27(18)17-23(28)25(2)14-20-13-24-26(16-20)15-19-8-4-3-5-9-19/h3-13,16H,14-15,17H2,1-2H3. The molecule has 5 nitrogen and oxygen atoms in total. The van der Waals surface area contributed by atoms with Crippen LogP contribution in [0.5, 0.6) is 0 Å². The Bertz CT molecular complexity index is 1090. The molecule has 0 aliphatic heterocycles. The summed E-state index contributed by atoms with van der Waals surface area (Å²) in [5.41, 5.74) is 4.42. The molecule has 142 valence electrons. The number of rotatable bonds is 6. The van der Waals surface area contributed by atoms with Gasteiger partial charge in [-0.1, -0.05) is 48.5 Å². The van der Waals surface area contributed by atoms with Gasteiger partial charge in [-0.05, 0) is 30.0 Å². The van der Waals surface area contributed by atoms with Crippen LogP contribution in [0.1, 0.15) is 16.8 Å². The van der Waals surface area contributed by atoms with Gasteiger partial charge in [0.1, 0.15) is 6.54 Å². The molecular formula is C23H24N4O. The number of amides is 1. The van der Waals surface area contributed by atoms with E-state index in [4.69, 9.17) is 0 Å². The minimum atomic E-state index is 0.0836. The molecule has 5 heteroatoms. The van der Waals surface area contributed by atoms with Gasteiger partial charge in [0, 0.05) is 36.6 Å². The van der Waals surface area contributed by atoms with Gasteiger partial charge in [0.05, 0.1) is 12.7 Å². The molecule has 0 fully saturated rings. The van der Waals surface area contributed by atoms with E-state index in [2.05, 4.69) is 40.0 Å². The normalized spacial score (nSPS) is 11.1. The molecule has 0 bridgehead atoms. The zero-order valence-electron chi connectivity index (χ0n) is 16.2. The third-order valence-electron chi connectivity index (χ3n) is 5.03. The van der Waals surface area contributed by atoms with E-state index in [0.29, 0.717) is 13.1 Å². The number of aromatic nitrogens is 3. The fourth-order valence-corrected chi connectivity index (χ4v) is 3.52. The van der Waals surface area contributed by atoms with Crippen LogP contribution in [0.3, 0.4) is 0 Å². The number of hydrogen-bond donors (Lipinski definition) is 0. The van der Waals surface area contributed by atoms with Crippen LogP contribution < -0.4 is 0 Å². The Morgan fingerprint density at radius 3 is 2.61 bits per heavy atom. The Kier molecular flexibility index (Phi) is 4.98. The topological polar surface area (TPSA) is 43.1 Å². The predicted octanol–water partition coefficient (Wildman–Crippen LogP) is 3.85. The van der Waals surface area contributed by atoms with E-state index in [-0.39, 0.29) is 5.91 Å². The van der Waals surface area contributed by atoms with Crippen LogP contribution in [-0.4, -0.2) is 32.2 Å². The van der Waals surface area contributed by atoms with Gasteiger partial charge in [0.15, 0.2) is 0 Å². The molecule has 0 unspecified atom stereocenters. The first-order chi connectivity index (χ1) is 13.6. The molecule has 0 aliphatic rings. The van der Waals surface area contributed by atoms with Crippen molar-refractivity contribution < 1.29 is 4.79 Å². The number of likely N-dealkylation sites (N-methyl/N-ethyl adjacent to an activating group) is 1. The Labute approximate surface area is 164 Å². The van der Waals surface area contributed by atoms with Gasteiger partial charge in [-0.25, -0.2) is 0 Å². The molecule has 0 atom stereocenters. The fraction of sp³-hybridized carbons (Fsp3) is 0.217. The quantitative estimate of drug-likeness (QED) is 0.516. The van der Waals surface area contributed by atoms with E-state index in [1.165, 1.54) is 5.56 Å². The number of carbonyl (C=O) groups is 1. The van der Waals surface area contributed by atoms with Crippen LogP contribution in [-0.2, 0) is 24.4 Å². The van der Waals surface area contributed by atoms with E-state index >= 15 is 0 Å². The van der Waals surface area contributed by atoms with Crippen molar-refractivity contribution in [3.8, 4) is 0 Å². The minimum Gasteiger partial charge on any atom is -0.340 e. The van der Waals surface area contributed by atoms with Gasteiger partial charge >= 0.3 is 0 Å². The zero-order chi connectivity index (χ0) is 19.5. The summed E-state index contributed by atoms with van der Waals surface area (Å²) in [5, 5.41) is 5.59. The molecule has 1 amide bonds. The minimum absolute atomic E-state index is 0.0836. The van der Waals surface area contributed by atoms with Crippen molar-refractivity contribution in [1.82, 2.24) is 19.2 Å². The molecule has 0 aliphatic carbocycles. The molecule has 2 aromatic heterocycles. The van der Waals surface area contributed by atoms with Crippen LogP contribution >= 0.6 is 0 Å². The lowest BCUT2D eigenvalue weighted by atomic mass is 10.2. The molecule has 2 aromatic carbocycles. The number of fused-ring (bicyclic) bond motifs is 1. The summed E-state index contributed by atoms with van der Waals surface area (Å²) in [6.45, 7) is 3.66. The highest BCUT2D eigenvalue weighted by molar-refractivity contribution is 5.84. The van der Waals surface area contributed by atoms with Crippen LogP contribution in [0.15, 0.2) is 73.1 Å². The average Bonchev–Trinajstić information content (AvgIpc) is 3.26. The van der Waals surface area contributed by atoms with Crippen molar-refractivity contribution in [2.45, 2.75) is 26.6 Å². The number of aryl methyl sites for hydroxylation is 1. The van der Waals surface area contributed by atoms with E-state index < -0.39 is 0 Å². The summed E-state index contributed by atoms with van der Waals surface area (Å²) in [4.78, 5) is 14.5. The first kappa shape index (κ1) is 18.0. The van der Waals surface area contributed by atoms with Crippen LogP contribution in [0.2, 0.25) is 0 Å². The maximum atomic E-state index is 12.8. The van der Waals surface area contributed by atoms with Gasteiger partial charge in [0.2, 0.25) is 5.91 Å².